The van der Waals surface area contributed by atoms with Crippen LogP contribution in [0.5, 0.6) is 0 Å². The minimum absolute atomic E-state index is 0. The maximum Gasteiger partial charge on any atom is 1.00 e. The van der Waals surface area contributed by atoms with Gasteiger partial charge in [0.25, 0.3) is 0 Å². The van der Waals surface area contributed by atoms with Crippen molar-refractivity contribution in [2.24, 2.45) is 0 Å². The molecule has 0 amide bonds. The summed E-state index contributed by atoms with van der Waals surface area (Å²) in [5.74, 6) is 0. The topological polar surface area (TPSA) is 74.6 Å². The maximum atomic E-state index is 8.74. The van der Waals surface area contributed by atoms with Crippen LogP contribution in [-0.4, -0.2) is 34.9 Å². The molecule has 8 heteroatoms. The standard InChI is InChI=1S/Al.2Na.H2O4S.5H/c;;;1-5(2,3)4;;;;;/h;;;(H2,1,2,3,4);;;;;/q;2*+1;;;;;2*-1. The van der Waals surface area contributed by atoms with Crippen molar-refractivity contribution >= 4 is 27.8 Å². The molecule has 0 saturated heterocycles. The van der Waals surface area contributed by atoms with Gasteiger partial charge in [-0.15, -0.1) is 0 Å². The first-order valence-electron chi connectivity index (χ1n) is 0.698. The Kier molecular flexibility index (Phi) is 26.4. The van der Waals surface area contributed by atoms with E-state index in [9.17, 15) is 0 Å². The van der Waals surface area contributed by atoms with Crippen molar-refractivity contribution < 1.29 is 79.5 Å². The molecule has 0 unspecified atom stereocenters. The molecule has 0 rings (SSSR count). The van der Waals surface area contributed by atoms with Crippen molar-refractivity contribution in [3.8, 4) is 0 Å². The fourth-order valence-corrected chi connectivity index (χ4v) is 0. The monoisotopic (exact) mass is 176 g/mol. The van der Waals surface area contributed by atoms with Crippen molar-refractivity contribution in [3.05, 3.63) is 0 Å². The molecule has 0 heterocycles. The van der Waals surface area contributed by atoms with Crippen molar-refractivity contribution in [1.29, 1.82) is 0 Å². The van der Waals surface area contributed by atoms with Gasteiger partial charge in [-0.05, 0) is 0 Å². The van der Waals surface area contributed by atoms with Crippen LogP contribution in [-0.2, 0) is 10.4 Å². The van der Waals surface area contributed by atoms with Crippen LogP contribution in [0.1, 0.15) is 2.85 Å². The summed E-state index contributed by atoms with van der Waals surface area (Å²) in [6.45, 7) is 0. The van der Waals surface area contributed by atoms with Gasteiger partial charge < -0.3 is 2.85 Å². The molecule has 0 aliphatic rings. The molecule has 0 fully saturated rings. The Morgan fingerprint density at radius 1 is 1.12 bits per heavy atom. The number of hydrogen-bond acceptors (Lipinski definition) is 2. The third-order valence-corrected chi connectivity index (χ3v) is 0. The fraction of sp³-hybridized carbons (Fsp3) is 0. The molecule has 0 aromatic heterocycles. The molecule has 42 valence electrons. The molecule has 0 spiro atoms. The zero-order valence-electron chi connectivity index (χ0n) is 6.12. The molecular weight excluding hydrogens is 169 g/mol. The third-order valence-electron chi connectivity index (χ3n) is 0. The molecule has 0 aliphatic heterocycles. The van der Waals surface area contributed by atoms with Crippen LogP contribution < -0.4 is 59.1 Å². The molecular formula is H7AlNa2O4S. The van der Waals surface area contributed by atoms with Crippen molar-refractivity contribution in [3.63, 3.8) is 0 Å². The van der Waals surface area contributed by atoms with Crippen molar-refractivity contribution in [1.82, 2.24) is 0 Å². The first kappa shape index (κ1) is 22.4. The maximum absolute atomic E-state index is 8.74. The molecule has 8 heavy (non-hydrogen) atoms. The van der Waals surface area contributed by atoms with E-state index in [0.29, 0.717) is 0 Å². The van der Waals surface area contributed by atoms with Gasteiger partial charge in [0.1, 0.15) is 0 Å². The van der Waals surface area contributed by atoms with Crippen LogP contribution in [0.3, 0.4) is 0 Å². The zero-order chi connectivity index (χ0) is 4.50. The summed E-state index contributed by atoms with van der Waals surface area (Å²) in [6, 6.07) is 0. The van der Waals surface area contributed by atoms with Gasteiger partial charge in [-0.1, -0.05) is 0 Å². The Bertz CT molecular complexity index is 104. The Morgan fingerprint density at radius 2 is 1.12 bits per heavy atom. The number of rotatable bonds is 0. The third kappa shape index (κ3) is 79.8. The van der Waals surface area contributed by atoms with E-state index in [0.717, 1.165) is 0 Å². The first-order chi connectivity index (χ1) is 2.00. The summed E-state index contributed by atoms with van der Waals surface area (Å²) in [7, 11) is -4.67. The fourth-order valence-electron chi connectivity index (χ4n) is 0. The van der Waals surface area contributed by atoms with Crippen LogP contribution in [0.15, 0.2) is 0 Å². The minimum atomic E-state index is -4.67. The van der Waals surface area contributed by atoms with E-state index in [4.69, 9.17) is 17.5 Å². The van der Waals surface area contributed by atoms with Crippen molar-refractivity contribution in [2.45, 2.75) is 0 Å². The van der Waals surface area contributed by atoms with Crippen LogP contribution in [0.25, 0.3) is 0 Å². The Morgan fingerprint density at radius 3 is 1.12 bits per heavy atom. The van der Waals surface area contributed by atoms with E-state index >= 15 is 0 Å². The summed E-state index contributed by atoms with van der Waals surface area (Å²) in [5.41, 5.74) is 0. The summed E-state index contributed by atoms with van der Waals surface area (Å²) in [4.78, 5) is 0. The molecule has 0 atom stereocenters. The van der Waals surface area contributed by atoms with Gasteiger partial charge in [-0.2, -0.15) is 8.42 Å². The average molecular weight is 176 g/mol. The van der Waals surface area contributed by atoms with E-state index in [1.54, 1.807) is 0 Å². The molecule has 0 aromatic rings. The van der Waals surface area contributed by atoms with Gasteiger partial charge in [0.05, 0.1) is 0 Å². The molecule has 0 aliphatic carbocycles. The van der Waals surface area contributed by atoms with E-state index in [2.05, 4.69) is 0 Å². The normalized spacial score (nSPS) is 7.25. The largest absolute Gasteiger partial charge is 1.00 e. The van der Waals surface area contributed by atoms with Crippen molar-refractivity contribution in [2.75, 3.05) is 0 Å². The summed E-state index contributed by atoms with van der Waals surface area (Å²) < 4.78 is 31.6. The SMILES string of the molecule is O=S(=O)(O)O.[AlH3].[H-].[H-].[Na+].[Na+]. The second-order valence-corrected chi connectivity index (χ2v) is 1.34. The second kappa shape index (κ2) is 9.40. The Labute approximate surface area is 106 Å². The Hall–Kier alpha value is 2.40. The molecule has 0 radical (unpaired) electrons. The van der Waals surface area contributed by atoms with Crippen LogP contribution in [0, 0.1) is 0 Å². The van der Waals surface area contributed by atoms with Gasteiger partial charge in [0.2, 0.25) is 0 Å². The van der Waals surface area contributed by atoms with Crippen LogP contribution in [0.2, 0.25) is 0 Å². The van der Waals surface area contributed by atoms with Gasteiger partial charge in [-0.25, -0.2) is 0 Å². The second-order valence-electron chi connectivity index (χ2n) is 0.448. The van der Waals surface area contributed by atoms with Gasteiger partial charge >= 0.3 is 69.5 Å². The summed E-state index contributed by atoms with van der Waals surface area (Å²) >= 11 is 0. The minimum Gasteiger partial charge on any atom is -1.00 e. The molecule has 0 aromatic carbocycles. The zero-order valence-corrected chi connectivity index (χ0v) is 8.94. The number of hydrogen-bond donors (Lipinski definition) is 2. The molecule has 0 saturated carbocycles. The molecule has 0 bridgehead atoms. The van der Waals surface area contributed by atoms with E-state index in [1.165, 1.54) is 0 Å². The Balaban J connectivity index is -0.00000000800. The quantitative estimate of drug-likeness (QED) is 0.284. The smallest absolute Gasteiger partial charge is 1.00 e. The predicted molar refractivity (Wildman–Crippen MR) is 26.3 cm³/mol. The molecule has 2 N–H and O–H groups in total. The van der Waals surface area contributed by atoms with E-state index in [-0.39, 0.29) is 79.3 Å². The van der Waals surface area contributed by atoms with Crippen LogP contribution in [0.4, 0.5) is 0 Å². The average Bonchev–Trinajstić information content (AvgIpc) is 0.722. The van der Waals surface area contributed by atoms with Gasteiger partial charge in [0.15, 0.2) is 17.4 Å². The first-order valence-corrected chi connectivity index (χ1v) is 2.10. The van der Waals surface area contributed by atoms with Gasteiger partial charge in [-0.3, -0.25) is 9.11 Å². The van der Waals surface area contributed by atoms with Gasteiger partial charge in [0, 0.05) is 0 Å². The van der Waals surface area contributed by atoms with E-state index < -0.39 is 10.4 Å². The molecule has 4 nitrogen and oxygen atoms in total. The predicted octanol–water partition coefficient (Wildman–Crippen LogP) is -7.60. The summed E-state index contributed by atoms with van der Waals surface area (Å²) in [6.07, 6.45) is 0. The van der Waals surface area contributed by atoms with E-state index in [1.807, 2.05) is 0 Å². The summed E-state index contributed by atoms with van der Waals surface area (Å²) in [5, 5.41) is 0. The van der Waals surface area contributed by atoms with Crippen LogP contribution >= 0.6 is 0 Å².